The number of methoxy groups -OCH3 is 1. The topological polar surface area (TPSA) is 174 Å². The van der Waals surface area contributed by atoms with E-state index in [1.54, 1.807) is 12.1 Å². The highest BCUT2D eigenvalue weighted by molar-refractivity contribution is 5.89. The molecule has 0 aliphatic carbocycles. The predicted octanol–water partition coefficient (Wildman–Crippen LogP) is -0.723. The fourth-order valence-corrected chi connectivity index (χ4v) is 3.94. The zero-order valence-corrected chi connectivity index (χ0v) is 19.0. The van der Waals surface area contributed by atoms with Crippen molar-refractivity contribution in [2.45, 2.75) is 43.4 Å². The summed E-state index contributed by atoms with van der Waals surface area (Å²) in [5, 5.41) is 39.7. The molecule has 1 fully saturated rings. The van der Waals surface area contributed by atoms with Crippen LogP contribution in [0.15, 0.2) is 49.0 Å². The Kier molecular flexibility index (Phi) is 9.32. The number of rotatable bonds is 9. The third-order valence-electron chi connectivity index (χ3n) is 5.88. The van der Waals surface area contributed by atoms with Crippen molar-refractivity contribution in [3.63, 3.8) is 0 Å². The van der Waals surface area contributed by atoms with E-state index in [0.717, 1.165) is 6.26 Å². The van der Waals surface area contributed by atoms with Crippen LogP contribution in [0, 0.1) is 11.8 Å². The number of carbonyl (C=O) groups excluding carboxylic acids is 2. The molecule has 4 N–H and O–H groups in total. The molecule has 0 unspecified atom stereocenters. The summed E-state index contributed by atoms with van der Waals surface area (Å²) in [5.74, 6) is -2.56. The van der Waals surface area contributed by atoms with Crippen LogP contribution in [-0.4, -0.2) is 94.7 Å². The van der Waals surface area contributed by atoms with Gasteiger partial charge in [0.25, 0.3) is 0 Å². The molecule has 0 amide bonds. The number of hydrogen-bond acceptors (Lipinski definition) is 12. The Labute approximate surface area is 201 Å². The Morgan fingerprint density at radius 2 is 1.94 bits per heavy atom. The number of aromatic nitrogens is 1. The molecule has 0 bridgehead atoms. The summed E-state index contributed by atoms with van der Waals surface area (Å²) in [7, 11) is 1.21. The number of ether oxygens (including phenoxy) is 5. The average Bonchev–Trinajstić information content (AvgIpc) is 2.88. The number of carbonyl (C=O) groups is 2. The van der Waals surface area contributed by atoms with Gasteiger partial charge in [0.2, 0.25) is 6.29 Å². The fourth-order valence-electron chi connectivity index (χ4n) is 3.94. The number of aliphatic hydroxyl groups excluding tert-OH is 4. The lowest BCUT2D eigenvalue weighted by Crippen LogP contribution is -2.60. The van der Waals surface area contributed by atoms with Gasteiger partial charge in [-0.15, -0.1) is 6.58 Å². The maximum Gasteiger partial charge on any atom is 0.339 e. The molecule has 12 nitrogen and oxygen atoms in total. The van der Waals surface area contributed by atoms with E-state index in [0.29, 0.717) is 0 Å². The molecule has 3 rings (SSSR count). The molecule has 3 heterocycles. The summed E-state index contributed by atoms with van der Waals surface area (Å²) in [6.07, 6.45) is -2.93. The molecule has 0 aromatic carbocycles. The SMILES string of the molecule is C=C[C@@H]1[C@@H](O[C@@H]2O[C@H](CO)[C@@H](O)[C@H](O)[C@H]2O)OC=C(C(=O)OC)[C@@H]1CCOC(=O)c1cccnc1. The van der Waals surface area contributed by atoms with E-state index in [9.17, 15) is 30.0 Å². The van der Waals surface area contributed by atoms with Gasteiger partial charge in [-0.2, -0.15) is 0 Å². The minimum absolute atomic E-state index is 0.0656. The second-order valence-corrected chi connectivity index (χ2v) is 7.99. The summed E-state index contributed by atoms with van der Waals surface area (Å²) in [4.78, 5) is 28.5. The van der Waals surface area contributed by atoms with Gasteiger partial charge in [0, 0.05) is 24.2 Å². The predicted molar refractivity (Wildman–Crippen MR) is 116 cm³/mol. The van der Waals surface area contributed by atoms with E-state index in [2.05, 4.69) is 11.6 Å². The molecule has 35 heavy (non-hydrogen) atoms. The molecule has 0 saturated carbocycles. The summed E-state index contributed by atoms with van der Waals surface area (Å²) < 4.78 is 26.8. The van der Waals surface area contributed by atoms with Crippen molar-refractivity contribution in [1.82, 2.24) is 4.98 Å². The van der Waals surface area contributed by atoms with Gasteiger partial charge in [0.05, 0.1) is 37.7 Å². The molecule has 1 aromatic heterocycles. The highest BCUT2D eigenvalue weighted by atomic mass is 16.8. The number of pyridine rings is 1. The number of aliphatic hydroxyl groups is 4. The molecule has 1 aromatic rings. The van der Waals surface area contributed by atoms with Crippen LogP contribution in [0.25, 0.3) is 0 Å². The van der Waals surface area contributed by atoms with Gasteiger partial charge in [-0.25, -0.2) is 9.59 Å². The third kappa shape index (κ3) is 6.04. The molecule has 1 saturated heterocycles. The van der Waals surface area contributed by atoms with Crippen molar-refractivity contribution in [3.8, 4) is 0 Å². The van der Waals surface area contributed by atoms with Gasteiger partial charge < -0.3 is 44.1 Å². The van der Waals surface area contributed by atoms with Crippen LogP contribution in [0.3, 0.4) is 0 Å². The second kappa shape index (κ2) is 12.2. The first-order valence-electron chi connectivity index (χ1n) is 10.9. The molecule has 0 radical (unpaired) electrons. The van der Waals surface area contributed by atoms with Crippen LogP contribution < -0.4 is 0 Å². The maximum absolute atomic E-state index is 12.4. The minimum Gasteiger partial charge on any atom is -0.471 e. The van der Waals surface area contributed by atoms with Crippen LogP contribution in [-0.2, 0) is 28.5 Å². The number of nitrogens with zero attached hydrogens (tertiary/aromatic N) is 1. The van der Waals surface area contributed by atoms with Gasteiger partial charge in [-0.05, 0) is 18.6 Å². The van der Waals surface area contributed by atoms with Crippen LogP contribution in [0.1, 0.15) is 16.8 Å². The van der Waals surface area contributed by atoms with Gasteiger partial charge in [0.15, 0.2) is 6.29 Å². The van der Waals surface area contributed by atoms with Crippen LogP contribution in [0.5, 0.6) is 0 Å². The van der Waals surface area contributed by atoms with E-state index in [4.69, 9.17) is 23.7 Å². The van der Waals surface area contributed by atoms with Gasteiger partial charge in [-0.3, -0.25) is 4.98 Å². The van der Waals surface area contributed by atoms with E-state index in [-0.39, 0.29) is 24.2 Å². The Balaban J connectivity index is 1.73. The average molecular weight is 495 g/mol. The Bertz CT molecular complexity index is 906. The smallest absolute Gasteiger partial charge is 0.339 e. The van der Waals surface area contributed by atoms with Crippen molar-refractivity contribution in [2.75, 3.05) is 20.3 Å². The largest absolute Gasteiger partial charge is 0.471 e. The molecule has 192 valence electrons. The van der Waals surface area contributed by atoms with E-state index in [1.807, 2.05) is 0 Å². The first kappa shape index (κ1) is 26.7. The van der Waals surface area contributed by atoms with E-state index >= 15 is 0 Å². The first-order chi connectivity index (χ1) is 16.8. The van der Waals surface area contributed by atoms with Crippen molar-refractivity contribution in [3.05, 3.63) is 54.6 Å². The monoisotopic (exact) mass is 495 g/mol. The summed E-state index contributed by atoms with van der Waals surface area (Å²) in [6.45, 7) is 3.09. The standard InChI is InChI=1S/C23H29NO11/c1-3-13-14(6-8-32-20(29)12-5-4-7-24-9-12)15(21(30)31-2)11-33-22(13)35-23-19(28)18(27)17(26)16(10-25)34-23/h3-5,7,9,11,13-14,16-19,22-23,25-28H,1,6,8,10H2,2H3/t13-,14+,16+,17+,18-,19+,22+,23-/m0/s1. The molecule has 0 spiro atoms. The molecule has 12 heteroatoms. The van der Waals surface area contributed by atoms with Gasteiger partial charge in [-0.1, -0.05) is 6.08 Å². The zero-order chi connectivity index (χ0) is 25.5. The summed E-state index contributed by atoms with van der Waals surface area (Å²) in [5.41, 5.74) is 0.427. The van der Waals surface area contributed by atoms with Crippen LogP contribution in [0.4, 0.5) is 0 Å². The minimum atomic E-state index is -1.65. The van der Waals surface area contributed by atoms with Crippen molar-refractivity contribution < 1.29 is 53.7 Å². The maximum atomic E-state index is 12.4. The van der Waals surface area contributed by atoms with Gasteiger partial charge in [0.1, 0.15) is 24.4 Å². The molecule has 8 atom stereocenters. The second-order valence-electron chi connectivity index (χ2n) is 7.99. The Hall–Kier alpha value is -2.87. The van der Waals surface area contributed by atoms with Crippen LogP contribution >= 0.6 is 0 Å². The van der Waals surface area contributed by atoms with Crippen molar-refractivity contribution in [1.29, 1.82) is 0 Å². The van der Waals surface area contributed by atoms with Gasteiger partial charge >= 0.3 is 11.9 Å². The zero-order valence-electron chi connectivity index (χ0n) is 19.0. The quantitative estimate of drug-likeness (QED) is 0.250. The summed E-state index contributed by atoms with van der Waals surface area (Å²) >= 11 is 0. The number of esters is 2. The van der Waals surface area contributed by atoms with Crippen molar-refractivity contribution in [2.24, 2.45) is 11.8 Å². The van der Waals surface area contributed by atoms with Crippen molar-refractivity contribution >= 4 is 11.9 Å². The lowest BCUT2D eigenvalue weighted by molar-refractivity contribution is -0.339. The number of hydrogen-bond donors (Lipinski definition) is 4. The van der Waals surface area contributed by atoms with E-state index < -0.39 is 67.4 Å². The van der Waals surface area contributed by atoms with Crippen LogP contribution in [0.2, 0.25) is 0 Å². The third-order valence-corrected chi connectivity index (χ3v) is 5.88. The lowest BCUT2D eigenvalue weighted by atomic mass is 9.82. The van der Waals surface area contributed by atoms with E-state index in [1.165, 1.54) is 25.6 Å². The molecular weight excluding hydrogens is 466 g/mol. The molecule has 2 aliphatic heterocycles. The highest BCUT2D eigenvalue weighted by Crippen LogP contribution is 2.37. The molecule has 2 aliphatic rings. The fraction of sp³-hybridized carbons (Fsp3) is 0.522. The Morgan fingerprint density at radius 3 is 2.57 bits per heavy atom. The Morgan fingerprint density at radius 1 is 1.17 bits per heavy atom. The normalized spacial score (nSPS) is 32.7. The first-order valence-corrected chi connectivity index (χ1v) is 10.9. The molecular formula is C23H29NO11. The highest BCUT2D eigenvalue weighted by Gasteiger charge is 2.47. The lowest BCUT2D eigenvalue weighted by Gasteiger charge is -2.43. The summed E-state index contributed by atoms with van der Waals surface area (Å²) in [6, 6.07) is 3.16.